The molecule has 0 aliphatic heterocycles. The summed E-state index contributed by atoms with van der Waals surface area (Å²) in [5.41, 5.74) is 3.52. The summed E-state index contributed by atoms with van der Waals surface area (Å²) in [6.45, 7) is 4.47. The highest BCUT2D eigenvalue weighted by molar-refractivity contribution is 6.12. The second-order valence-corrected chi connectivity index (χ2v) is 7.06. The first kappa shape index (κ1) is 18.7. The smallest absolute Gasteiger partial charge is 0.223 e. The fourth-order valence-corrected chi connectivity index (χ4v) is 3.66. The number of carbonyl (C=O) groups excluding carboxylic acids is 1. The van der Waals surface area contributed by atoms with Gasteiger partial charge in [0, 0.05) is 30.1 Å². The van der Waals surface area contributed by atoms with Crippen molar-refractivity contribution in [2.24, 2.45) is 7.05 Å². The van der Waals surface area contributed by atoms with Gasteiger partial charge in [-0.2, -0.15) is 0 Å². The van der Waals surface area contributed by atoms with Crippen molar-refractivity contribution in [3.8, 4) is 11.3 Å². The summed E-state index contributed by atoms with van der Waals surface area (Å²) in [7, 11) is 1.90. The van der Waals surface area contributed by atoms with Gasteiger partial charge in [0.1, 0.15) is 12.7 Å². The van der Waals surface area contributed by atoms with Gasteiger partial charge in [-0.1, -0.05) is 18.2 Å². The van der Waals surface area contributed by atoms with Gasteiger partial charge in [-0.15, -0.1) is 0 Å². The van der Waals surface area contributed by atoms with Gasteiger partial charge < -0.3 is 4.57 Å². The van der Waals surface area contributed by atoms with Crippen LogP contribution in [0.3, 0.4) is 0 Å². The van der Waals surface area contributed by atoms with E-state index in [9.17, 15) is 9.59 Å². The van der Waals surface area contributed by atoms with Gasteiger partial charge in [0.2, 0.25) is 16.9 Å². The van der Waals surface area contributed by atoms with Crippen LogP contribution in [0.5, 0.6) is 0 Å². The lowest BCUT2D eigenvalue weighted by Crippen LogP contribution is -2.33. The van der Waals surface area contributed by atoms with E-state index in [0.717, 1.165) is 17.0 Å². The zero-order chi connectivity index (χ0) is 20.5. The zero-order valence-corrected chi connectivity index (χ0v) is 16.7. The minimum Gasteiger partial charge on any atom is -0.332 e. The molecular formula is C24H22N3O2+. The van der Waals surface area contributed by atoms with Crippen LogP contribution in [-0.4, -0.2) is 15.3 Å². The van der Waals surface area contributed by atoms with E-state index in [2.05, 4.69) is 4.98 Å². The molecule has 0 N–H and O–H groups in total. The molecule has 0 saturated carbocycles. The summed E-state index contributed by atoms with van der Waals surface area (Å²) in [4.78, 5) is 31.2. The topological polar surface area (TPSA) is 55.8 Å². The third-order valence-corrected chi connectivity index (χ3v) is 5.12. The molecule has 0 fully saturated rings. The maximum absolute atomic E-state index is 13.5. The molecule has 0 amide bonds. The molecule has 0 atom stereocenters. The van der Waals surface area contributed by atoms with Gasteiger partial charge in [-0.3, -0.25) is 9.59 Å². The lowest BCUT2D eigenvalue weighted by Gasteiger charge is -2.12. The Balaban J connectivity index is 1.97. The van der Waals surface area contributed by atoms with Crippen LogP contribution in [0.4, 0.5) is 0 Å². The molecule has 0 radical (unpaired) electrons. The maximum Gasteiger partial charge on any atom is 0.223 e. The van der Waals surface area contributed by atoms with E-state index in [1.807, 2.05) is 72.6 Å². The Labute approximate surface area is 168 Å². The quantitative estimate of drug-likeness (QED) is 0.400. The number of benzene rings is 1. The summed E-state index contributed by atoms with van der Waals surface area (Å²) in [5, 5.41) is 0.463. The number of nitrogens with zero attached hydrogens (tertiary/aromatic N) is 3. The highest BCUT2D eigenvalue weighted by atomic mass is 16.1. The van der Waals surface area contributed by atoms with Crippen LogP contribution in [0, 0.1) is 6.92 Å². The second-order valence-electron chi connectivity index (χ2n) is 7.06. The zero-order valence-electron chi connectivity index (χ0n) is 16.7. The summed E-state index contributed by atoms with van der Waals surface area (Å²) < 4.78 is 3.77. The molecule has 0 saturated heterocycles. The van der Waals surface area contributed by atoms with Crippen molar-refractivity contribution in [3.63, 3.8) is 0 Å². The lowest BCUT2D eigenvalue weighted by atomic mass is 9.97. The van der Waals surface area contributed by atoms with Crippen LogP contribution in [0.25, 0.3) is 22.3 Å². The number of aromatic nitrogens is 3. The average molecular weight is 384 g/mol. The van der Waals surface area contributed by atoms with Gasteiger partial charge >= 0.3 is 0 Å². The van der Waals surface area contributed by atoms with Crippen molar-refractivity contribution in [1.29, 1.82) is 0 Å². The third-order valence-electron chi connectivity index (χ3n) is 5.12. The van der Waals surface area contributed by atoms with Crippen LogP contribution < -0.4 is 10.00 Å². The van der Waals surface area contributed by atoms with Gasteiger partial charge in [-0.25, -0.2) is 9.55 Å². The van der Waals surface area contributed by atoms with Crippen LogP contribution in [0.2, 0.25) is 0 Å². The summed E-state index contributed by atoms with van der Waals surface area (Å²) >= 11 is 0. The van der Waals surface area contributed by atoms with Crippen LogP contribution >= 0.6 is 0 Å². The molecule has 29 heavy (non-hydrogen) atoms. The van der Waals surface area contributed by atoms with E-state index in [4.69, 9.17) is 0 Å². The standard InChI is InChI=1S/C24H22N3O2/c1-4-27-15-20(23(29)19-13-12-16(2)25-24(19)27)22(28)18-11-8-14-26(3)21(18)17-9-6-5-7-10-17/h5-15H,4H2,1-3H3/q+1. The first-order valence-corrected chi connectivity index (χ1v) is 9.61. The van der Waals surface area contributed by atoms with Crippen LogP contribution in [0.15, 0.2) is 71.8 Å². The van der Waals surface area contributed by atoms with Crippen molar-refractivity contribution < 1.29 is 9.36 Å². The lowest BCUT2D eigenvalue weighted by molar-refractivity contribution is -0.660. The van der Waals surface area contributed by atoms with Gasteiger partial charge in [0.25, 0.3) is 0 Å². The second kappa shape index (κ2) is 7.43. The SMILES string of the molecule is CCn1cc(C(=O)c2ccc[n+](C)c2-c2ccccc2)c(=O)c2ccc(C)nc21. The monoisotopic (exact) mass is 384 g/mol. The molecule has 0 aliphatic carbocycles. The van der Waals surface area contributed by atoms with Crippen LogP contribution in [-0.2, 0) is 13.6 Å². The minimum absolute atomic E-state index is 0.161. The molecule has 1 aromatic carbocycles. The average Bonchev–Trinajstić information content (AvgIpc) is 2.74. The van der Waals surface area contributed by atoms with E-state index in [1.54, 1.807) is 24.4 Å². The molecule has 5 heteroatoms. The number of aryl methyl sites for hydroxylation is 3. The van der Waals surface area contributed by atoms with Crippen LogP contribution in [0.1, 0.15) is 28.5 Å². The number of hydrogen-bond acceptors (Lipinski definition) is 3. The Morgan fingerprint density at radius 3 is 2.52 bits per heavy atom. The Morgan fingerprint density at radius 1 is 1.03 bits per heavy atom. The predicted octanol–water partition coefficient (Wildman–Crippen LogP) is 3.45. The fourth-order valence-electron chi connectivity index (χ4n) is 3.66. The number of rotatable bonds is 4. The molecule has 3 aromatic heterocycles. The van der Waals surface area contributed by atoms with E-state index in [1.165, 1.54) is 0 Å². The van der Waals surface area contributed by atoms with Crippen molar-refractivity contribution in [2.75, 3.05) is 0 Å². The highest BCUT2D eigenvalue weighted by Gasteiger charge is 2.25. The Hall–Kier alpha value is -3.60. The van der Waals surface area contributed by atoms with Crippen molar-refractivity contribution in [1.82, 2.24) is 9.55 Å². The van der Waals surface area contributed by atoms with Gasteiger partial charge in [0.05, 0.1) is 16.5 Å². The first-order chi connectivity index (χ1) is 14.0. The molecule has 0 spiro atoms. The molecule has 0 bridgehead atoms. The molecule has 0 unspecified atom stereocenters. The first-order valence-electron chi connectivity index (χ1n) is 9.61. The molecule has 3 heterocycles. The van der Waals surface area contributed by atoms with Crippen molar-refractivity contribution in [2.45, 2.75) is 20.4 Å². The molecular weight excluding hydrogens is 362 g/mol. The molecule has 144 valence electrons. The molecule has 4 aromatic rings. The fraction of sp³-hybridized carbons (Fsp3) is 0.167. The Morgan fingerprint density at radius 2 is 1.79 bits per heavy atom. The van der Waals surface area contributed by atoms with Gasteiger partial charge in [-0.05, 0) is 44.2 Å². The summed E-state index contributed by atoms with van der Waals surface area (Å²) in [6, 6.07) is 16.9. The van der Waals surface area contributed by atoms with Crippen molar-refractivity contribution >= 4 is 16.8 Å². The van der Waals surface area contributed by atoms with Gasteiger partial charge in [0.15, 0.2) is 6.20 Å². The van der Waals surface area contributed by atoms with E-state index in [0.29, 0.717) is 23.1 Å². The molecule has 5 nitrogen and oxygen atoms in total. The minimum atomic E-state index is -0.285. The largest absolute Gasteiger partial charge is 0.332 e. The van der Waals surface area contributed by atoms with E-state index < -0.39 is 0 Å². The predicted molar refractivity (Wildman–Crippen MR) is 113 cm³/mol. The Kier molecular flexibility index (Phi) is 4.80. The number of fused-ring (bicyclic) bond motifs is 1. The third kappa shape index (κ3) is 3.25. The van der Waals surface area contributed by atoms with E-state index >= 15 is 0 Å². The normalized spacial score (nSPS) is 11.0. The number of carbonyl (C=O) groups is 1. The number of pyridine rings is 3. The highest BCUT2D eigenvalue weighted by Crippen LogP contribution is 2.22. The summed E-state index contributed by atoms with van der Waals surface area (Å²) in [5.74, 6) is -0.283. The van der Waals surface area contributed by atoms with Crippen molar-refractivity contribution in [3.05, 3.63) is 94.0 Å². The number of ketones is 1. The maximum atomic E-state index is 13.5. The molecule has 4 rings (SSSR count). The summed E-state index contributed by atoms with van der Waals surface area (Å²) in [6.07, 6.45) is 3.54. The van der Waals surface area contributed by atoms with E-state index in [-0.39, 0.29) is 16.8 Å². The number of hydrogen-bond donors (Lipinski definition) is 0. The Bertz CT molecular complexity index is 1290. The molecule has 0 aliphatic rings.